The zero-order valence-electron chi connectivity index (χ0n) is 19.4. The van der Waals surface area contributed by atoms with E-state index in [0.717, 1.165) is 5.56 Å². The van der Waals surface area contributed by atoms with Crippen LogP contribution in [0.5, 0.6) is 0 Å². The van der Waals surface area contributed by atoms with Gasteiger partial charge in [-0.2, -0.15) is 15.3 Å². The summed E-state index contributed by atoms with van der Waals surface area (Å²) >= 11 is 0. The van der Waals surface area contributed by atoms with Crippen molar-refractivity contribution < 1.29 is 24.6 Å². The number of nitrogens with two attached hydrogens (primary N) is 1. The lowest BCUT2D eigenvalue weighted by Crippen LogP contribution is -2.40. The van der Waals surface area contributed by atoms with E-state index in [9.17, 15) is 15.0 Å². The number of hydroxylamine groups is 1. The van der Waals surface area contributed by atoms with Crippen molar-refractivity contribution in [2.75, 3.05) is 17.4 Å². The largest absolute Gasteiger partial charge is 0.387 e. The van der Waals surface area contributed by atoms with E-state index in [1.165, 1.54) is 11.4 Å². The SMILES string of the molecule is Cn1ccc(-c2cc([C@@H]3O[C@H](CON4C(=O)CCc5ccccc54)[C@@H](O)[C@H]3O)n3ncnc(N)c23)n1. The molecular formula is C24H25N7O5. The first-order valence-corrected chi connectivity index (χ1v) is 11.6. The monoisotopic (exact) mass is 491 g/mol. The fourth-order valence-electron chi connectivity index (χ4n) is 4.87. The number of aliphatic hydroxyl groups is 2. The molecule has 1 saturated heterocycles. The Labute approximate surface area is 205 Å². The van der Waals surface area contributed by atoms with Crippen LogP contribution in [-0.2, 0) is 27.8 Å². The molecule has 0 spiro atoms. The number of hydrogen-bond acceptors (Lipinski definition) is 9. The fourth-order valence-corrected chi connectivity index (χ4v) is 4.87. The number of benzene rings is 1. The summed E-state index contributed by atoms with van der Waals surface area (Å²) in [6.45, 7) is -0.137. The molecule has 1 fully saturated rings. The maximum atomic E-state index is 12.5. The van der Waals surface area contributed by atoms with Gasteiger partial charge in [0.05, 0.1) is 17.1 Å². The zero-order chi connectivity index (χ0) is 25.0. The summed E-state index contributed by atoms with van der Waals surface area (Å²) in [5, 5.41) is 31.7. The second-order valence-corrected chi connectivity index (χ2v) is 8.95. The fraction of sp³-hybridized carbons (Fsp3) is 0.333. The Hall–Kier alpha value is -3.84. The van der Waals surface area contributed by atoms with Crippen LogP contribution in [0.1, 0.15) is 23.8 Å². The predicted octanol–water partition coefficient (Wildman–Crippen LogP) is 0.785. The molecular weight excluding hydrogens is 466 g/mol. The molecule has 2 aliphatic rings. The van der Waals surface area contributed by atoms with Crippen LogP contribution in [0, 0.1) is 0 Å². The van der Waals surface area contributed by atoms with Crippen molar-refractivity contribution in [1.29, 1.82) is 0 Å². The number of rotatable bonds is 5. The van der Waals surface area contributed by atoms with E-state index < -0.39 is 24.4 Å². The first-order valence-electron chi connectivity index (χ1n) is 11.6. The normalized spacial score (nSPS) is 24.0. The van der Waals surface area contributed by atoms with Crippen molar-refractivity contribution in [2.24, 2.45) is 7.05 Å². The van der Waals surface area contributed by atoms with Gasteiger partial charge in [-0.15, -0.1) is 0 Å². The Morgan fingerprint density at radius 3 is 2.83 bits per heavy atom. The minimum atomic E-state index is -1.27. The number of aryl methyl sites for hydroxylation is 2. The highest BCUT2D eigenvalue weighted by Gasteiger charge is 2.46. The second-order valence-electron chi connectivity index (χ2n) is 8.95. The predicted molar refractivity (Wildman–Crippen MR) is 127 cm³/mol. The van der Waals surface area contributed by atoms with Crippen molar-refractivity contribution >= 4 is 22.9 Å². The van der Waals surface area contributed by atoms with Crippen LogP contribution in [-0.4, -0.2) is 65.4 Å². The number of aliphatic hydroxyl groups excluding tert-OH is 2. The molecule has 0 aliphatic carbocycles. The molecule has 186 valence electrons. The lowest BCUT2D eigenvalue weighted by atomic mass is 10.0. The molecule has 4 atom stereocenters. The first kappa shape index (κ1) is 22.6. The lowest BCUT2D eigenvalue weighted by Gasteiger charge is -2.29. The third-order valence-electron chi connectivity index (χ3n) is 6.67. The molecule has 12 nitrogen and oxygen atoms in total. The summed E-state index contributed by atoms with van der Waals surface area (Å²) in [7, 11) is 1.80. The van der Waals surface area contributed by atoms with Gasteiger partial charge in [0.25, 0.3) is 5.91 Å². The third-order valence-corrected chi connectivity index (χ3v) is 6.67. The van der Waals surface area contributed by atoms with Gasteiger partial charge in [0.1, 0.15) is 42.9 Å². The molecule has 4 N–H and O–H groups in total. The molecule has 5 heterocycles. The minimum Gasteiger partial charge on any atom is -0.387 e. The number of para-hydroxylation sites is 1. The lowest BCUT2D eigenvalue weighted by molar-refractivity contribution is -0.129. The van der Waals surface area contributed by atoms with E-state index in [2.05, 4.69) is 15.2 Å². The number of carbonyl (C=O) groups is 1. The van der Waals surface area contributed by atoms with Crippen LogP contribution < -0.4 is 10.8 Å². The highest BCUT2D eigenvalue weighted by Crippen LogP contribution is 2.39. The molecule has 1 amide bonds. The average molecular weight is 492 g/mol. The molecule has 0 unspecified atom stereocenters. The Balaban J connectivity index is 1.28. The van der Waals surface area contributed by atoms with Crippen molar-refractivity contribution in [3.63, 3.8) is 0 Å². The smallest absolute Gasteiger partial charge is 0.251 e. The molecule has 2 aliphatic heterocycles. The van der Waals surface area contributed by atoms with E-state index in [1.807, 2.05) is 30.3 Å². The number of amides is 1. The van der Waals surface area contributed by atoms with Gasteiger partial charge < -0.3 is 20.7 Å². The van der Waals surface area contributed by atoms with Gasteiger partial charge in [0.2, 0.25) is 0 Å². The van der Waals surface area contributed by atoms with Gasteiger partial charge in [-0.05, 0) is 30.2 Å². The van der Waals surface area contributed by atoms with Crippen LogP contribution >= 0.6 is 0 Å². The Kier molecular flexibility index (Phi) is 5.45. The number of ether oxygens (including phenoxy) is 1. The zero-order valence-corrected chi connectivity index (χ0v) is 19.4. The number of hydrogen-bond donors (Lipinski definition) is 3. The summed E-state index contributed by atoms with van der Waals surface area (Å²) in [5.41, 5.74) is 10.2. The van der Waals surface area contributed by atoms with Gasteiger partial charge in [0, 0.05) is 25.2 Å². The van der Waals surface area contributed by atoms with Gasteiger partial charge in [0.15, 0.2) is 5.82 Å². The van der Waals surface area contributed by atoms with Crippen LogP contribution in [0.15, 0.2) is 48.9 Å². The van der Waals surface area contributed by atoms with E-state index in [-0.39, 0.29) is 18.3 Å². The summed E-state index contributed by atoms with van der Waals surface area (Å²) in [5.74, 6) is 0.0649. The van der Waals surface area contributed by atoms with E-state index in [0.29, 0.717) is 41.0 Å². The Bertz CT molecular complexity index is 1450. The molecule has 12 heteroatoms. The molecule has 0 radical (unpaired) electrons. The summed E-state index contributed by atoms with van der Waals surface area (Å²) < 4.78 is 9.28. The van der Waals surface area contributed by atoms with Gasteiger partial charge >= 0.3 is 0 Å². The van der Waals surface area contributed by atoms with Crippen molar-refractivity contribution in [3.05, 3.63) is 60.2 Å². The number of nitrogens with zero attached hydrogens (tertiary/aromatic N) is 6. The molecule has 1 aromatic carbocycles. The highest BCUT2D eigenvalue weighted by molar-refractivity contribution is 5.94. The van der Waals surface area contributed by atoms with Gasteiger partial charge in [-0.25, -0.2) is 9.50 Å². The van der Waals surface area contributed by atoms with Crippen molar-refractivity contribution in [1.82, 2.24) is 24.4 Å². The average Bonchev–Trinajstić information content (AvgIpc) is 3.55. The number of nitrogen functional groups attached to an aromatic ring is 1. The number of anilines is 2. The molecule has 0 bridgehead atoms. The maximum Gasteiger partial charge on any atom is 0.251 e. The topological polar surface area (TPSA) is 153 Å². The van der Waals surface area contributed by atoms with Crippen LogP contribution in [0.3, 0.4) is 0 Å². The third kappa shape index (κ3) is 3.62. The van der Waals surface area contributed by atoms with E-state index in [4.69, 9.17) is 15.3 Å². The van der Waals surface area contributed by atoms with E-state index >= 15 is 0 Å². The maximum absolute atomic E-state index is 12.5. The van der Waals surface area contributed by atoms with E-state index in [1.54, 1.807) is 28.5 Å². The quantitative estimate of drug-likeness (QED) is 0.368. The number of carbonyl (C=O) groups excluding carboxylic acids is 1. The molecule has 6 rings (SSSR count). The highest BCUT2D eigenvalue weighted by atomic mass is 16.7. The second kappa shape index (κ2) is 8.68. The summed E-state index contributed by atoms with van der Waals surface area (Å²) in [6, 6.07) is 11.1. The Morgan fingerprint density at radius 1 is 1.19 bits per heavy atom. The molecule has 4 aromatic rings. The number of fused-ring (bicyclic) bond motifs is 2. The van der Waals surface area contributed by atoms with Crippen molar-refractivity contribution in [2.45, 2.75) is 37.3 Å². The standard InChI is InChI=1S/C24H25N7O5/c1-29-9-8-15(28-29)14-10-17(30-20(14)24(25)26-12-27-30)23-22(34)21(33)18(36-23)11-35-31-16-5-3-2-4-13(16)6-7-19(31)32/h2-5,8-10,12,18,21-23,33-34H,6-7,11H2,1H3,(H2,25,26,27)/t18-,21-,22-,23+/m1/s1. The molecule has 3 aromatic heterocycles. The summed E-state index contributed by atoms with van der Waals surface area (Å²) in [6.07, 6.45) is -0.274. The van der Waals surface area contributed by atoms with Crippen molar-refractivity contribution in [3.8, 4) is 11.3 Å². The van der Waals surface area contributed by atoms with Gasteiger partial charge in [-0.1, -0.05) is 18.2 Å². The van der Waals surface area contributed by atoms with Crippen LogP contribution in [0.2, 0.25) is 0 Å². The Morgan fingerprint density at radius 2 is 2.03 bits per heavy atom. The van der Waals surface area contributed by atoms with Crippen LogP contribution in [0.25, 0.3) is 16.8 Å². The van der Waals surface area contributed by atoms with Crippen LogP contribution in [0.4, 0.5) is 11.5 Å². The summed E-state index contributed by atoms with van der Waals surface area (Å²) in [4.78, 5) is 22.4. The molecule has 36 heavy (non-hydrogen) atoms. The molecule has 0 saturated carbocycles. The number of aromatic nitrogens is 5. The minimum absolute atomic E-state index is 0.137. The first-order chi connectivity index (χ1) is 17.4. The van der Waals surface area contributed by atoms with Gasteiger partial charge in [-0.3, -0.25) is 14.3 Å².